The summed E-state index contributed by atoms with van der Waals surface area (Å²) in [5.74, 6) is 1.12. The van der Waals surface area contributed by atoms with Crippen molar-refractivity contribution in [3.05, 3.63) is 70.5 Å². The summed E-state index contributed by atoms with van der Waals surface area (Å²) in [6.07, 6.45) is 1.75. The second kappa shape index (κ2) is 7.34. The molecule has 0 amide bonds. The molecule has 0 fully saturated rings. The number of hydrogen-bond donors (Lipinski definition) is 2. The summed E-state index contributed by atoms with van der Waals surface area (Å²) in [6, 6.07) is 13.0. The number of rotatable bonds is 4. The summed E-state index contributed by atoms with van der Waals surface area (Å²) >= 11 is 6.71. The van der Waals surface area contributed by atoms with Crippen molar-refractivity contribution in [2.45, 2.75) is 12.3 Å². The lowest BCUT2D eigenvalue weighted by molar-refractivity contribution is 0.892. The molecule has 0 aliphatic heterocycles. The number of aromatic amines is 1. The van der Waals surface area contributed by atoms with Gasteiger partial charge >= 0.3 is 0 Å². The second-order valence-electron chi connectivity index (χ2n) is 4.78. The van der Waals surface area contributed by atoms with E-state index in [0.717, 1.165) is 5.69 Å². The summed E-state index contributed by atoms with van der Waals surface area (Å²) in [5, 5.41) is 3.73. The molecule has 3 rings (SSSR count). The average Bonchev–Trinajstić information content (AvgIpc) is 2.59. The molecule has 2 N–H and O–H groups in total. The predicted octanol–water partition coefficient (Wildman–Crippen LogP) is 2.63. The van der Waals surface area contributed by atoms with E-state index < -0.39 is 0 Å². The van der Waals surface area contributed by atoms with Gasteiger partial charge in [-0.05, 0) is 24.3 Å². The summed E-state index contributed by atoms with van der Waals surface area (Å²) in [5.41, 5.74) is 1.49. The number of nitrogens with zero attached hydrogens (tertiary/aromatic N) is 2. The highest BCUT2D eigenvalue weighted by molar-refractivity contribution is 8.22. The van der Waals surface area contributed by atoms with Crippen molar-refractivity contribution in [3.8, 4) is 0 Å². The van der Waals surface area contributed by atoms with Crippen LogP contribution in [0.15, 0.2) is 53.5 Å². The SMILES string of the molecule is O=c1[nH]c(CSC(=S)NCc2ccccn2)nc2ccccc12. The van der Waals surface area contributed by atoms with Crippen LogP contribution in [0.1, 0.15) is 11.5 Å². The standard InChI is InChI=1S/C16H14N4OS2/c21-15-12-6-1-2-7-13(12)19-14(20-15)10-23-16(22)18-9-11-5-3-4-8-17-11/h1-8H,9-10H2,(H,18,22)(H,19,20,21). The maximum atomic E-state index is 12.0. The van der Waals surface area contributed by atoms with E-state index in [2.05, 4.69) is 20.3 Å². The number of pyridine rings is 1. The molecular formula is C16H14N4OS2. The molecule has 2 heterocycles. The number of thiocarbonyl (C=S) groups is 1. The molecule has 116 valence electrons. The minimum atomic E-state index is -0.126. The van der Waals surface area contributed by atoms with Crippen LogP contribution in [0.25, 0.3) is 10.9 Å². The zero-order chi connectivity index (χ0) is 16.1. The van der Waals surface area contributed by atoms with Crippen LogP contribution in [-0.4, -0.2) is 19.3 Å². The monoisotopic (exact) mass is 342 g/mol. The highest BCUT2D eigenvalue weighted by Gasteiger charge is 2.05. The Hall–Kier alpha value is -2.25. The van der Waals surface area contributed by atoms with Crippen LogP contribution in [-0.2, 0) is 12.3 Å². The number of H-pyrrole nitrogens is 1. The van der Waals surface area contributed by atoms with Crippen molar-refractivity contribution >= 4 is 39.2 Å². The fourth-order valence-electron chi connectivity index (χ4n) is 2.05. The smallest absolute Gasteiger partial charge is 0.258 e. The summed E-state index contributed by atoms with van der Waals surface area (Å²) in [6.45, 7) is 0.578. The number of nitrogens with one attached hydrogen (secondary N) is 2. The number of hydrogen-bond acceptors (Lipinski definition) is 5. The van der Waals surface area contributed by atoms with Crippen LogP contribution < -0.4 is 10.9 Å². The van der Waals surface area contributed by atoms with E-state index in [1.165, 1.54) is 11.8 Å². The molecule has 0 radical (unpaired) electrons. The summed E-state index contributed by atoms with van der Waals surface area (Å²) in [4.78, 5) is 23.5. The summed E-state index contributed by atoms with van der Waals surface area (Å²) in [7, 11) is 0. The third-order valence-electron chi connectivity index (χ3n) is 3.14. The average molecular weight is 342 g/mol. The molecule has 3 aromatic rings. The maximum Gasteiger partial charge on any atom is 0.258 e. The normalized spacial score (nSPS) is 10.6. The minimum absolute atomic E-state index is 0.126. The van der Waals surface area contributed by atoms with E-state index in [-0.39, 0.29) is 5.56 Å². The number of thioether (sulfide) groups is 1. The van der Waals surface area contributed by atoms with Gasteiger partial charge in [0, 0.05) is 6.20 Å². The number of para-hydroxylation sites is 1. The largest absolute Gasteiger partial charge is 0.365 e. The van der Waals surface area contributed by atoms with Crippen LogP contribution in [0, 0.1) is 0 Å². The van der Waals surface area contributed by atoms with Crippen LogP contribution in [0.5, 0.6) is 0 Å². The van der Waals surface area contributed by atoms with Crippen molar-refractivity contribution in [1.29, 1.82) is 0 Å². The van der Waals surface area contributed by atoms with Gasteiger partial charge in [-0.2, -0.15) is 0 Å². The lowest BCUT2D eigenvalue weighted by Crippen LogP contribution is -2.19. The van der Waals surface area contributed by atoms with E-state index in [1.54, 1.807) is 12.3 Å². The molecule has 0 aliphatic carbocycles. The first kappa shape index (κ1) is 15.6. The summed E-state index contributed by atoms with van der Waals surface area (Å²) < 4.78 is 0.645. The predicted molar refractivity (Wildman–Crippen MR) is 97.3 cm³/mol. The zero-order valence-corrected chi connectivity index (χ0v) is 13.8. The van der Waals surface area contributed by atoms with E-state index in [0.29, 0.717) is 33.3 Å². The van der Waals surface area contributed by atoms with E-state index in [4.69, 9.17) is 12.2 Å². The Bertz CT molecular complexity index is 880. The Morgan fingerprint density at radius 1 is 1.22 bits per heavy atom. The van der Waals surface area contributed by atoms with Gasteiger partial charge in [0.15, 0.2) is 0 Å². The fraction of sp³-hybridized carbons (Fsp3) is 0.125. The van der Waals surface area contributed by atoms with Gasteiger partial charge in [-0.3, -0.25) is 9.78 Å². The van der Waals surface area contributed by atoms with Crippen molar-refractivity contribution in [3.63, 3.8) is 0 Å². The lowest BCUT2D eigenvalue weighted by atomic mass is 10.2. The molecule has 23 heavy (non-hydrogen) atoms. The molecule has 0 bridgehead atoms. The van der Waals surface area contributed by atoms with Gasteiger partial charge in [0.05, 0.1) is 28.9 Å². The molecule has 0 saturated carbocycles. The Labute approximate surface area is 142 Å². The quantitative estimate of drug-likeness (QED) is 0.710. The number of benzene rings is 1. The second-order valence-corrected chi connectivity index (χ2v) is 6.43. The molecular weight excluding hydrogens is 328 g/mol. The zero-order valence-electron chi connectivity index (χ0n) is 12.2. The van der Waals surface area contributed by atoms with Crippen molar-refractivity contribution in [1.82, 2.24) is 20.3 Å². The molecule has 0 spiro atoms. The van der Waals surface area contributed by atoms with Gasteiger partial charge in [0.2, 0.25) is 0 Å². The highest BCUT2D eigenvalue weighted by Crippen LogP contribution is 2.12. The first-order chi connectivity index (χ1) is 11.2. The van der Waals surface area contributed by atoms with Gasteiger partial charge in [-0.1, -0.05) is 42.2 Å². The number of fused-ring (bicyclic) bond motifs is 1. The minimum Gasteiger partial charge on any atom is -0.365 e. The van der Waals surface area contributed by atoms with Gasteiger partial charge in [-0.25, -0.2) is 4.98 Å². The maximum absolute atomic E-state index is 12.0. The molecule has 0 saturated heterocycles. The first-order valence-electron chi connectivity index (χ1n) is 7.01. The van der Waals surface area contributed by atoms with E-state index in [1.807, 2.05) is 36.4 Å². The third kappa shape index (κ3) is 4.14. The van der Waals surface area contributed by atoms with Crippen LogP contribution >= 0.6 is 24.0 Å². The van der Waals surface area contributed by atoms with Gasteiger partial charge in [-0.15, -0.1) is 0 Å². The Morgan fingerprint density at radius 2 is 2.04 bits per heavy atom. The molecule has 0 atom stereocenters. The van der Waals surface area contributed by atoms with E-state index >= 15 is 0 Å². The highest BCUT2D eigenvalue weighted by atomic mass is 32.2. The first-order valence-corrected chi connectivity index (χ1v) is 8.40. The molecule has 7 heteroatoms. The van der Waals surface area contributed by atoms with Crippen molar-refractivity contribution in [2.75, 3.05) is 0 Å². The Balaban J connectivity index is 1.60. The Morgan fingerprint density at radius 3 is 2.87 bits per heavy atom. The van der Waals surface area contributed by atoms with Gasteiger partial charge in [0.25, 0.3) is 5.56 Å². The van der Waals surface area contributed by atoms with Crippen molar-refractivity contribution < 1.29 is 0 Å². The molecule has 1 aromatic carbocycles. The lowest BCUT2D eigenvalue weighted by Gasteiger charge is -2.07. The van der Waals surface area contributed by atoms with Crippen LogP contribution in [0.2, 0.25) is 0 Å². The van der Waals surface area contributed by atoms with Crippen LogP contribution in [0.4, 0.5) is 0 Å². The molecule has 0 aliphatic rings. The number of aromatic nitrogens is 3. The third-order valence-corrected chi connectivity index (χ3v) is 4.46. The van der Waals surface area contributed by atoms with Crippen molar-refractivity contribution in [2.24, 2.45) is 0 Å². The van der Waals surface area contributed by atoms with Gasteiger partial charge < -0.3 is 10.3 Å². The van der Waals surface area contributed by atoms with E-state index in [9.17, 15) is 4.79 Å². The fourth-order valence-corrected chi connectivity index (χ4v) is 2.88. The topological polar surface area (TPSA) is 70.7 Å². The molecule has 2 aromatic heterocycles. The van der Waals surface area contributed by atoms with Gasteiger partial charge in [0.1, 0.15) is 10.1 Å². The van der Waals surface area contributed by atoms with Crippen LogP contribution in [0.3, 0.4) is 0 Å². The Kier molecular flexibility index (Phi) is 4.99. The molecule has 5 nitrogen and oxygen atoms in total. The molecule has 0 unspecified atom stereocenters.